The number of nitrogens with one attached hydrogen (secondary N) is 1. The van der Waals surface area contributed by atoms with Crippen molar-refractivity contribution in [3.8, 4) is 0 Å². The number of aryl methyl sites for hydroxylation is 2. The van der Waals surface area contributed by atoms with Gasteiger partial charge in [-0.3, -0.25) is 4.79 Å². The number of halogens is 1. The molecule has 7 nitrogen and oxygen atoms in total. The molecule has 0 fully saturated rings. The first-order valence-corrected chi connectivity index (χ1v) is 15.6. The van der Waals surface area contributed by atoms with Crippen LogP contribution in [0.15, 0.2) is 90.1 Å². The first-order valence-electron chi connectivity index (χ1n) is 13.7. The zero-order valence-electron chi connectivity index (χ0n) is 23.1. The van der Waals surface area contributed by atoms with Crippen LogP contribution in [0.25, 0.3) is 0 Å². The number of carbonyl (C=O) groups excluding carboxylic acids is 1. The van der Waals surface area contributed by atoms with Gasteiger partial charge in [0.1, 0.15) is 5.82 Å². The Balaban J connectivity index is 1.46. The van der Waals surface area contributed by atoms with Gasteiger partial charge in [-0.05, 0) is 79.1 Å². The van der Waals surface area contributed by atoms with Gasteiger partial charge in [-0.25, -0.2) is 23.1 Å². The second-order valence-electron chi connectivity index (χ2n) is 10.5. The van der Waals surface area contributed by atoms with Crippen LogP contribution in [0.5, 0.6) is 0 Å². The molecular formula is C32H33ClN4O3S. The van der Waals surface area contributed by atoms with E-state index >= 15 is 0 Å². The summed E-state index contributed by atoms with van der Waals surface area (Å²) in [7, 11) is -3.81. The highest BCUT2D eigenvalue weighted by Gasteiger charge is 2.28. The molecule has 0 saturated carbocycles. The summed E-state index contributed by atoms with van der Waals surface area (Å²) in [4.78, 5) is 24.4. The van der Waals surface area contributed by atoms with Crippen molar-refractivity contribution < 1.29 is 13.2 Å². The number of aromatic nitrogens is 2. The van der Waals surface area contributed by atoms with Crippen molar-refractivity contribution in [3.63, 3.8) is 0 Å². The summed E-state index contributed by atoms with van der Waals surface area (Å²) in [5.41, 5.74) is 4.58. The molecule has 3 aromatic carbocycles. The fourth-order valence-electron chi connectivity index (χ4n) is 5.24. The summed E-state index contributed by atoms with van der Waals surface area (Å²) in [5.74, 6) is 0.650. The van der Waals surface area contributed by atoms with Gasteiger partial charge in [0.15, 0.2) is 0 Å². The molecule has 1 aliphatic carbocycles. The number of rotatable bonds is 9. The van der Waals surface area contributed by atoms with Crippen molar-refractivity contribution in [1.29, 1.82) is 0 Å². The molecule has 1 aromatic heterocycles. The Kier molecular flexibility index (Phi) is 8.82. The van der Waals surface area contributed by atoms with Gasteiger partial charge < -0.3 is 4.90 Å². The SMILES string of the molecule is Cc1ncc(CN(C(=O)C[C@H](C)c2ccccc2)c2ccc3c(c2)[C@@H](NS(=O)(=O)c2cccc(Cl)c2)CCC3)cn1. The minimum Gasteiger partial charge on any atom is -0.308 e. The van der Waals surface area contributed by atoms with Crippen molar-refractivity contribution in [3.05, 3.63) is 118 Å². The van der Waals surface area contributed by atoms with Gasteiger partial charge in [0, 0.05) is 41.1 Å². The first kappa shape index (κ1) is 28.9. The van der Waals surface area contributed by atoms with E-state index < -0.39 is 16.1 Å². The minimum atomic E-state index is -3.81. The monoisotopic (exact) mass is 588 g/mol. The number of amides is 1. The lowest BCUT2D eigenvalue weighted by molar-refractivity contribution is -0.119. The summed E-state index contributed by atoms with van der Waals surface area (Å²) in [6.45, 7) is 4.18. The molecule has 0 radical (unpaired) electrons. The van der Waals surface area contributed by atoms with Crippen LogP contribution in [-0.4, -0.2) is 24.3 Å². The number of anilines is 1. The van der Waals surface area contributed by atoms with Gasteiger partial charge in [0.05, 0.1) is 11.4 Å². The molecular weight excluding hydrogens is 556 g/mol. The van der Waals surface area contributed by atoms with E-state index in [1.54, 1.807) is 29.4 Å². The van der Waals surface area contributed by atoms with Crippen molar-refractivity contribution in [2.75, 3.05) is 4.90 Å². The molecule has 9 heteroatoms. The first-order chi connectivity index (χ1) is 19.7. The molecule has 1 heterocycles. The van der Waals surface area contributed by atoms with E-state index in [9.17, 15) is 13.2 Å². The van der Waals surface area contributed by atoms with Gasteiger partial charge in [0.25, 0.3) is 0 Å². The Labute approximate surface area is 246 Å². The Bertz CT molecular complexity index is 1630. The summed E-state index contributed by atoms with van der Waals surface area (Å²) in [6, 6.07) is 21.7. The van der Waals surface area contributed by atoms with E-state index in [-0.39, 0.29) is 16.7 Å². The lowest BCUT2D eigenvalue weighted by Gasteiger charge is -2.30. The van der Waals surface area contributed by atoms with Crippen LogP contribution >= 0.6 is 11.6 Å². The van der Waals surface area contributed by atoms with E-state index in [0.29, 0.717) is 35.9 Å². The molecule has 1 N–H and O–H groups in total. The fraction of sp³-hybridized carbons (Fsp3) is 0.281. The maximum atomic E-state index is 13.9. The summed E-state index contributed by atoms with van der Waals surface area (Å²) < 4.78 is 29.4. The number of sulfonamides is 1. The summed E-state index contributed by atoms with van der Waals surface area (Å²) >= 11 is 6.07. The third kappa shape index (κ3) is 7.01. The Hall–Kier alpha value is -3.59. The van der Waals surface area contributed by atoms with E-state index in [2.05, 4.69) is 14.7 Å². The zero-order chi connectivity index (χ0) is 29.0. The van der Waals surface area contributed by atoms with Crippen LogP contribution in [0.3, 0.4) is 0 Å². The minimum absolute atomic E-state index is 0.0235. The van der Waals surface area contributed by atoms with Crippen molar-refractivity contribution >= 4 is 33.2 Å². The van der Waals surface area contributed by atoms with Gasteiger partial charge in [-0.2, -0.15) is 0 Å². The van der Waals surface area contributed by atoms with Crippen molar-refractivity contribution in [1.82, 2.24) is 14.7 Å². The van der Waals surface area contributed by atoms with Crippen LogP contribution in [0.4, 0.5) is 5.69 Å². The average molecular weight is 589 g/mol. The predicted octanol–water partition coefficient (Wildman–Crippen LogP) is 6.52. The molecule has 0 saturated heterocycles. The summed E-state index contributed by atoms with van der Waals surface area (Å²) in [5, 5.41) is 0.359. The quantitative estimate of drug-likeness (QED) is 0.240. The fourth-order valence-corrected chi connectivity index (χ4v) is 6.80. The number of benzene rings is 3. The van der Waals surface area contributed by atoms with E-state index in [0.717, 1.165) is 35.1 Å². The van der Waals surface area contributed by atoms with E-state index in [1.165, 1.54) is 12.1 Å². The third-order valence-electron chi connectivity index (χ3n) is 7.48. The second-order valence-corrected chi connectivity index (χ2v) is 12.7. The number of carbonyl (C=O) groups is 1. The summed E-state index contributed by atoms with van der Waals surface area (Å²) in [6.07, 6.45) is 6.15. The molecule has 1 aliphatic rings. The number of nitrogens with zero attached hydrogens (tertiary/aromatic N) is 3. The largest absolute Gasteiger partial charge is 0.308 e. The third-order valence-corrected chi connectivity index (χ3v) is 9.19. The number of hydrogen-bond donors (Lipinski definition) is 1. The second kappa shape index (κ2) is 12.5. The van der Waals surface area contributed by atoms with E-state index in [4.69, 9.17) is 11.6 Å². The lowest BCUT2D eigenvalue weighted by atomic mass is 9.87. The highest BCUT2D eigenvalue weighted by molar-refractivity contribution is 7.89. The van der Waals surface area contributed by atoms with Gasteiger partial charge in [-0.15, -0.1) is 0 Å². The standard InChI is InChI=1S/C32H33ClN4O3S/c1-22(25-8-4-3-5-9-25)16-32(38)37(21-24-19-34-23(2)35-20-24)28-15-14-26-10-6-13-31(30(26)18-28)36-41(39,40)29-12-7-11-27(33)17-29/h3-5,7-9,11-12,14-15,17-20,22,31,36H,6,10,13,16,21H2,1-2H3/t22-,31-/m0/s1. The molecule has 0 bridgehead atoms. The molecule has 0 unspecified atom stereocenters. The van der Waals surface area contributed by atoms with Crippen LogP contribution in [0.2, 0.25) is 5.02 Å². The van der Waals surface area contributed by atoms with Gasteiger partial charge >= 0.3 is 0 Å². The van der Waals surface area contributed by atoms with Crippen molar-refractivity contribution in [2.45, 2.75) is 62.9 Å². The average Bonchev–Trinajstić information content (AvgIpc) is 2.97. The Morgan fingerprint density at radius 1 is 1.05 bits per heavy atom. The normalized spacial score (nSPS) is 15.6. The van der Waals surface area contributed by atoms with Crippen LogP contribution < -0.4 is 9.62 Å². The molecule has 0 aliphatic heterocycles. The highest BCUT2D eigenvalue weighted by Crippen LogP contribution is 2.35. The highest BCUT2D eigenvalue weighted by atomic mass is 35.5. The topological polar surface area (TPSA) is 92.3 Å². The van der Waals surface area contributed by atoms with Crippen LogP contribution in [-0.2, 0) is 27.8 Å². The Morgan fingerprint density at radius 2 is 1.80 bits per heavy atom. The predicted molar refractivity (Wildman–Crippen MR) is 161 cm³/mol. The molecule has 5 rings (SSSR count). The van der Waals surface area contributed by atoms with E-state index in [1.807, 2.05) is 62.4 Å². The van der Waals surface area contributed by atoms with Crippen LogP contribution in [0.1, 0.15) is 66.2 Å². The molecule has 1 amide bonds. The maximum Gasteiger partial charge on any atom is 0.241 e. The zero-order valence-corrected chi connectivity index (χ0v) is 24.7. The Morgan fingerprint density at radius 3 is 2.54 bits per heavy atom. The lowest BCUT2D eigenvalue weighted by Crippen LogP contribution is -2.33. The molecule has 2 atom stereocenters. The van der Waals surface area contributed by atoms with Gasteiger partial charge in [0.2, 0.25) is 15.9 Å². The molecule has 212 valence electrons. The smallest absolute Gasteiger partial charge is 0.241 e. The van der Waals surface area contributed by atoms with Crippen molar-refractivity contribution in [2.24, 2.45) is 0 Å². The number of fused-ring (bicyclic) bond motifs is 1. The number of hydrogen-bond acceptors (Lipinski definition) is 5. The molecule has 41 heavy (non-hydrogen) atoms. The van der Waals surface area contributed by atoms with Gasteiger partial charge in [-0.1, -0.05) is 61.0 Å². The van der Waals surface area contributed by atoms with Crippen LogP contribution in [0, 0.1) is 6.92 Å². The maximum absolute atomic E-state index is 13.9. The molecule has 4 aromatic rings. The molecule has 0 spiro atoms.